The van der Waals surface area contributed by atoms with Gasteiger partial charge in [0, 0.05) is 45.6 Å². The maximum atomic E-state index is 14.6. The summed E-state index contributed by atoms with van der Waals surface area (Å²) >= 11 is 0. The van der Waals surface area contributed by atoms with E-state index in [1.54, 1.807) is 9.80 Å². The van der Waals surface area contributed by atoms with Crippen LogP contribution in [-0.2, 0) is 19.8 Å². The molecule has 0 spiro atoms. The van der Waals surface area contributed by atoms with Crippen LogP contribution < -0.4 is 5.32 Å². The maximum absolute atomic E-state index is 14.6. The van der Waals surface area contributed by atoms with Crippen molar-refractivity contribution in [3.8, 4) is 0 Å². The van der Waals surface area contributed by atoms with Crippen LogP contribution >= 0.6 is 0 Å². The van der Waals surface area contributed by atoms with Crippen molar-refractivity contribution in [3.63, 3.8) is 0 Å². The molecule has 3 aliphatic heterocycles. The Morgan fingerprint density at radius 3 is 1.88 bits per heavy atom. The molecule has 0 radical (unpaired) electrons. The number of benzene rings is 3. The number of nitrogens with zero attached hydrogens (tertiary/aromatic N) is 3. The van der Waals surface area contributed by atoms with Crippen molar-refractivity contribution in [2.24, 2.45) is 11.8 Å². The second-order valence-electron chi connectivity index (χ2n) is 14.8. The SMILES string of the molecule is O=C(NC[C@@H]1CCCN(CC2CC2)C1)C1CCCN1C(=O)[C@@H]1C[C@@H](O)CN1C(=O)CC(c1ccccc1)(c1ccccc1)c1ccccc1. The van der Waals surface area contributed by atoms with Crippen LogP contribution in [-0.4, -0.2) is 95.0 Å². The number of β-amino-alcohol motifs (C(OH)–C–C–N with tert-alkyl or cyclic N) is 1. The Kier molecular flexibility index (Phi) is 10.1. The summed E-state index contributed by atoms with van der Waals surface area (Å²) in [5.74, 6) is 0.760. The van der Waals surface area contributed by atoms with Gasteiger partial charge in [0.2, 0.25) is 17.7 Å². The monoisotopic (exact) mass is 662 g/mol. The lowest BCUT2D eigenvalue weighted by Crippen LogP contribution is -2.54. The predicted molar refractivity (Wildman–Crippen MR) is 190 cm³/mol. The first kappa shape index (κ1) is 33.5. The van der Waals surface area contributed by atoms with E-state index >= 15 is 0 Å². The molecular weight excluding hydrogens is 612 g/mol. The average molecular weight is 663 g/mol. The van der Waals surface area contributed by atoms with Crippen LogP contribution in [0.15, 0.2) is 91.0 Å². The van der Waals surface area contributed by atoms with E-state index in [9.17, 15) is 19.5 Å². The summed E-state index contributed by atoms with van der Waals surface area (Å²) in [5.41, 5.74) is 2.13. The molecule has 3 aromatic carbocycles. The Labute approximate surface area is 290 Å². The molecule has 258 valence electrons. The largest absolute Gasteiger partial charge is 0.391 e. The molecule has 0 aromatic heterocycles. The number of nitrogens with one attached hydrogen (secondary N) is 1. The number of piperidine rings is 1. The second kappa shape index (κ2) is 14.9. The number of hydrogen-bond acceptors (Lipinski definition) is 5. The van der Waals surface area contributed by atoms with Crippen LogP contribution in [0.2, 0.25) is 0 Å². The van der Waals surface area contributed by atoms with Crippen LogP contribution in [0.25, 0.3) is 0 Å². The molecule has 3 amide bonds. The topological polar surface area (TPSA) is 93.2 Å². The Hall–Kier alpha value is -4.01. The van der Waals surface area contributed by atoms with Gasteiger partial charge in [0.1, 0.15) is 12.1 Å². The van der Waals surface area contributed by atoms with E-state index in [0.717, 1.165) is 55.0 Å². The van der Waals surface area contributed by atoms with E-state index in [-0.39, 0.29) is 37.1 Å². The number of rotatable bonds is 11. The normalized spacial score (nSPS) is 24.6. The smallest absolute Gasteiger partial charge is 0.246 e. The Morgan fingerprint density at radius 1 is 0.694 bits per heavy atom. The number of amides is 3. The van der Waals surface area contributed by atoms with E-state index in [0.29, 0.717) is 25.4 Å². The van der Waals surface area contributed by atoms with Gasteiger partial charge in [0.15, 0.2) is 0 Å². The maximum Gasteiger partial charge on any atom is 0.246 e. The fraction of sp³-hybridized carbons (Fsp3) is 0.488. The number of aliphatic hydroxyl groups is 1. The number of carbonyl (C=O) groups excluding carboxylic acids is 3. The lowest BCUT2D eigenvalue weighted by molar-refractivity contribution is -0.146. The van der Waals surface area contributed by atoms with Crippen molar-refractivity contribution in [1.29, 1.82) is 0 Å². The quantitative estimate of drug-likeness (QED) is 0.293. The molecule has 4 aliphatic rings. The molecule has 1 saturated carbocycles. The molecular formula is C41H50N4O4. The highest BCUT2D eigenvalue weighted by atomic mass is 16.3. The zero-order valence-electron chi connectivity index (χ0n) is 28.5. The molecule has 0 bridgehead atoms. The van der Waals surface area contributed by atoms with E-state index in [2.05, 4.69) is 46.6 Å². The molecule has 8 heteroatoms. The van der Waals surface area contributed by atoms with Gasteiger partial charge in [-0.05, 0) is 73.6 Å². The van der Waals surface area contributed by atoms with Gasteiger partial charge in [0.05, 0.1) is 11.5 Å². The molecule has 1 unspecified atom stereocenters. The first-order valence-electron chi connectivity index (χ1n) is 18.4. The van der Waals surface area contributed by atoms with Crippen molar-refractivity contribution in [1.82, 2.24) is 20.0 Å². The third kappa shape index (κ3) is 7.31. The molecule has 2 N–H and O–H groups in total. The van der Waals surface area contributed by atoms with Crippen molar-refractivity contribution < 1.29 is 19.5 Å². The lowest BCUT2D eigenvalue weighted by Gasteiger charge is -2.38. The van der Waals surface area contributed by atoms with E-state index in [1.807, 2.05) is 54.6 Å². The first-order chi connectivity index (χ1) is 23.9. The Morgan fingerprint density at radius 2 is 1.29 bits per heavy atom. The highest BCUT2D eigenvalue weighted by Crippen LogP contribution is 2.43. The fourth-order valence-corrected chi connectivity index (χ4v) is 8.63. The van der Waals surface area contributed by atoms with Gasteiger partial charge in [-0.1, -0.05) is 91.0 Å². The molecule has 8 nitrogen and oxygen atoms in total. The van der Waals surface area contributed by atoms with Gasteiger partial charge in [-0.3, -0.25) is 14.4 Å². The zero-order valence-corrected chi connectivity index (χ0v) is 28.5. The Bertz CT molecular complexity index is 1480. The first-order valence-corrected chi connectivity index (χ1v) is 18.4. The van der Waals surface area contributed by atoms with E-state index in [4.69, 9.17) is 0 Å². The van der Waals surface area contributed by atoms with Gasteiger partial charge in [-0.15, -0.1) is 0 Å². The average Bonchev–Trinajstić information content (AvgIpc) is 3.65. The van der Waals surface area contributed by atoms with Crippen molar-refractivity contribution in [2.45, 2.75) is 75.0 Å². The molecule has 7 rings (SSSR count). The van der Waals surface area contributed by atoms with Crippen LogP contribution in [0.1, 0.15) is 68.1 Å². The van der Waals surface area contributed by atoms with Gasteiger partial charge in [-0.25, -0.2) is 0 Å². The van der Waals surface area contributed by atoms with Crippen LogP contribution in [0, 0.1) is 11.8 Å². The van der Waals surface area contributed by atoms with Crippen molar-refractivity contribution in [3.05, 3.63) is 108 Å². The Balaban J connectivity index is 1.08. The van der Waals surface area contributed by atoms with Crippen LogP contribution in [0.3, 0.4) is 0 Å². The third-order valence-electron chi connectivity index (χ3n) is 11.3. The minimum Gasteiger partial charge on any atom is -0.391 e. The standard InChI is InChI=1S/C41H50N4O4/c46-35-24-37(40(49)44-23-11-19-36(44)39(48)42-26-31-12-10-22-43(28-31)27-30-20-21-30)45(29-35)38(47)25-41(32-13-4-1-5-14-32,33-15-6-2-7-16-33)34-17-8-3-9-18-34/h1-9,13-18,30-31,35-37,46H,10-12,19-29H2,(H,42,48)/t31-,35+,36?,37-/m0/s1. The number of likely N-dealkylation sites (tertiary alicyclic amines) is 3. The zero-order chi connectivity index (χ0) is 33.8. The van der Waals surface area contributed by atoms with Gasteiger partial charge < -0.3 is 25.1 Å². The second-order valence-corrected chi connectivity index (χ2v) is 14.8. The summed E-state index contributed by atoms with van der Waals surface area (Å²) in [4.78, 5) is 48.3. The molecule has 1 aliphatic carbocycles. The van der Waals surface area contributed by atoms with Gasteiger partial charge >= 0.3 is 0 Å². The highest BCUT2D eigenvalue weighted by molar-refractivity contribution is 5.93. The molecule has 3 aromatic rings. The minimum absolute atomic E-state index is 0.0879. The third-order valence-corrected chi connectivity index (χ3v) is 11.3. The fourth-order valence-electron chi connectivity index (χ4n) is 8.63. The van der Waals surface area contributed by atoms with Gasteiger partial charge in [-0.2, -0.15) is 0 Å². The highest BCUT2D eigenvalue weighted by Gasteiger charge is 2.47. The summed E-state index contributed by atoms with van der Waals surface area (Å²) in [7, 11) is 0. The summed E-state index contributed by atoms with van der Waals surface area (Å²) < 4.78 is 0. The molecule has 3 heterocycles. The summed E-state index contributed by atoms with van der Waals surface area (Å²) in [6.07, 6.45) is 5.77. The summed E-state index contributed by atoms with van der Waals surface area (Å²) in [6.45, 7) is 4.56. The number of carbonyl (C=O) groups is 3. The summed E-state index contributed by atoms with van der Waals surface area (Å²) in [6, 6.07) is 28.8. The molecule has 49 heavy (non-hydrogen) atoms. The number of aliphatic hydroxyl groups excluding tert-OH is 1. The minimum atomic E-state index is -0.815. The van der Waals surface area contributed by atoms with Crippen LogP contribution in [0.5, 0.6) is 0 Å². The summed E-state index contributed by atoms with van der Waals surface area (Å²) in [5, 5.41) is 14.1. The molecule has 3 saturated heterocycles. The van der Waals surface area contributed by atoms with Crippen molar-refractivity contribution >= 4 is 17.7 Å². The van der Waals surface area contributed by atoms with Gasteiger partial charge in [0.25, 0.3) is 0 Å². The molecule has 4 fully saturated rings. The predicted octanol–water partition coefficient (Wildman–Crippen LogP) is 4.60. The number of hydrogen-bond donors (Lipinski definition) is 2. The van der Waals surface area contributed by atoms with E-state index < -0.39 is 23.6 Å². The van der Waals surface area contributed by atoms with Crippen molar-refractivity contribution in [2.75, 3.05) is 39.3 Å². The van der Waals surface area contributed by atoms with Crippen LogP contribution in [0.4, 0.5) is 0 Å². The lowest BCUT2D eigenvalue weighted by atomic mass is 9.67. The van der Waals surface area contributed by atoms with E-state index in [1.165, 1.54) is 19.4 Å². The molecule has 4 atom stereocenters.